The van der Waals surface area contributed by atoms with E-state index in [2.05, 4.69) is 31.2 Å². The van der Waals surface area contributed by atoms with Crippen LogP contribution < -0.4 is 0 Å². The molecule has 0 aromatic heterocycles. The number of hydrogen-bond acceptors (Lipinski definition) is 0. The molecule has 2 aromatic carbocycles. The predicted molar refractivity (Wildman–Crippen MR) is 87.6 cm³/mol. The maximum absolute atomic E-state index is 13.8. The quantitative estimate of drug-likeness (QED) is 0.669. The van der Waals surface area contributed by atoms with E-state index in [1.807, 2.05) is 6.08 Å². The Hall–Kier alpha value is -1.96. The summed E-state index contributed by atoms with van der Waals surface area (Å²) in [5, 5.41) is 0. The number of aryl methyl sites for hydroxylation is 1. The first-order valence-corrected chi connectivity index (χ1v) is 7.95. The van der Waals surface area contributed by atoms with Gasteiger partial charge in [-0.2, -0.15) is 0 Å². The molecular formula is C20H20F2. The van der Waals surface area contributed by atoms with Gasteiger partial charge in [-0.15, -0.1) is 0 Å². The van der Waals surface area contributed by atoms with Gasteiger partial charge < -0.3 is 0 Å². The van der Waals surface area contributed by atoms with E-state index in [-0.39, 0.29) is 0 Å². The van der Waals surface area contributed by atoms with E-state index in [1.54, 1.807) is 0 Å². The average Bonchev–Trinajstić information content (AvgIpc) is 2.52. The zero-order chi connectivity index (χ0) is 15.5. The number of benzene rings is 2. The molecule has 0 atom stereocenters. The van der Waals surface area contributed by atoms with E-state index in [0.717, 1.165) is 30.0 Å². The molecule has 0 aliphatic heterocycles. The van der Waals surface area contributed by atoms with Crippen LogP contribution in [0.25, 0.3) is 11.6 Å². The first-order valence-electron chi connectivity index (χ1n) is 7.95. The molecule has 0 unspecified atom stereocenters. The summed E-state index contributed by atoms with van der Waals surface area (Å²) in [4.78, 5) is 0. The first kappa shape index (κ1) is 15.0. The van der Waals surface area contributed by atoms with Crippen molar-refractivity contribution < 1.29 is 8.78 Å². The van der Waals surface area contributed by atoms with Gasteiger partial charge in [0.1, 0.15) is 11.6 Å². The van der Waals surface area contributed by atoms with Gasteiger partial charge >= 0.3 is 0 Å². The van der Waals surface area contributed by atoms with Crippen LogP contribution in [0.5, 0.6) is 0 Å². The van der Waals surface area contributed by atoms with Crippen LogP contribution in [0, 0.1) is 11.6 Å². The van der Waals surface area contributed by atoms with Crippen LogP contribution in [0.4, 0.5) is 8.78 Å². The molecule has 22 heavy (non-hydrogen) atoms. The Labute approximate surface area is 130 Å². The van der Waals surface area contributed by atoms with Gasteiger partial charge in [0.25, 0.3) is 0 Å². The van der Waals surface area contributed by atoms with Crippen molar-refractivity contribution in [2.45, 2.75) is 39.0 Å². The highest BCUT2D eigenvalue weighted by molar-refractivity contribution is 5.84. The van der Waals surface area contributed by atoms with Crippen LogP contribution in [-0.4, -0.2) is 0 Å². The summed E-state index contributed by atoms with van der Waals surface area (Å²) in [6.07, 6.45) is 6.85. The summed E-state index contributed by atoms with van der Waals surface area (Å²) >= 11 is 0. The van der Waals surface area contributed by atoms with E-state index < -0.39 is 11.6 Å². The summed E-state index contributed by atoms with van der Waals surface area (Å²) in [5.74, 6) is -0.941. The van der Waals surface area contributed by atoms with Gasteiger partial charge in [0.2, 0.25) is 0 Å². The van der Waals surface area contributed by atoms with E-state index >= 15 is 0 Å². The molecule has 0 spiro atoms. The van der Waals surface area contributed by atoms with Crippen molar-refractivity contribution in [2.75, 3.05) is 0 Å². The molecule has 0 bridgehead atoms. The minimum Gasteiger partial charge on any atom is -0.207 e. The number of fused-ring (bicyclic) bond motifs is 1. The third-order valence-corrected chi connectivity index (χ3v) is 4.31. The second kappa shape index (κ2) is 6.43. The second-order valence-electron chi connectivity index (χ2n) is 5.93. The fourth-order valence-corrected chi connectivity index (χ4v) is 3.03. The van der Waals surface area contributed by atoms with Gasteiger partial charge in [-0.05, 0) is 59.6 Å². The molecule has 1 aliphatic rings. The standard InChI is InChI=1S/C20H20F2/c1-2-3-4-14-5-7-15(8-6-14)16-9-10-19-17(11-16)12-18(21)13-20(19)22/h5-8,11-13H,2-4,9-10H2,1H3. The topological polar surface area (TPSA) is 0 Å². The Morgan fingerprint density at radius 3 is 2.50 bits per heavy atom. The monoisotopic (exact) mass is 298 g/mol. The zero-order valence-corrected chi connectivity index (χ0v) is 12.8. The summed E-state index contributed by atoms with van der Waals surface area (Å²) in [5.41, 5.74) is 4.95. The van der Waals surface area contributed by atoms with Crippen molar-refractivity contribution in [2.24, 2.45) is 0 Å². The van der Waals surface area contributed by atoms with Crippen molar-refractivity contribution in [3.63, 3.8) is 0 Å². The minimum absolute atomic E-state index is 0.430. The first-order chi connectivity index (χ1) is 10.7. The molecule has 114 valence electrons. The van der Waals surface area contributed by atoms with Crippen LogP contribution in [0.3, 0.4) is 0 Å². The Bertz CT molecular complexity index is 696. The van der Waals surface area contributed by atoms with Crippen molar-refractivity contribution >= 4 is 11.6 Å². The second-order valence-corrected chi connectivity index (χ2v) is 5.93. The summed E-state index contributed by atoms with van der Waals surface area (Å²) in [6.45, 7) is 2.19. The van der Waals surface area contributed by atoms with Gasteiger partial charge in [0.05, 0.1) is 0 Å². The van der Waals surface area contributed by atoms with E-state index in [9.17, 15) is 8.78 Å². The molecule has 0 amide bonds. The minimum atomic E-state index is -0.510. The lowest BCUT2D eigenvalue weighted by molar-refractivity contribution is 0.570. The maximum Gasteiger partial charge on any atom is 0.129 e. The summed E-state index contributed by atoms with van der Waals surface area (Å²) < 4.78 is 27.2. The van der Waals surface area contributed by atoms with Crippen molar-refractivity contribution in [3.8, 4) is 0 Å². The van der Waals surface area contributed by atoms with Crippen molar-refractivity contribution in [1.82, 2.24) is 0 Å². The predicted octanol–water partition coefficient (Wildman–Crippen LogP) is 5.79. The third kappa shape index (κ3) is 3.11. The molecular weight excluding hydrogens is 278 g/mol. The number of rotatable bonds is 4. The molecule has 3 rings (SSSR count). The van der Waals surface area contributed by atoms with Gasteiger partial charge in [-0.3, -0.25) is 0 Å². The molecule has 1 aliphatic carbocycles. The maximum atomic E-state index is 13.8. The Kier molecular flexibility index (Phi) is 4.37. The molecule has 0 saturated heterocycles. The molecule has 0 nitrogen and oxygen atoms in total. The molecule has 0 N–H and O–H groups in total. The van der Waals surface area contributed by atoms with E-state index in [1.165, 1.54) is 24.5 Å². The van der Waals surface area contributed by atoms with Crippen LogP contribution >= 0.6 is 0 Å². The van der Waals surface area contributed by atoms with Gasteiger partial charge in [-0.1, -0.05) is 43.7 Å². The Morgan fingerprint density at radius 2 is 1.77 bits per heavy atom. The van der Waals surface area contributed by atoms with Crippen LogP contribution in [0.15, 0.2) is 36.4 Å². The molecule has 2 aromatic rings. The number of hydrogen-bond donors (Lipinski definition) is 0. The summed E-state index contributed by atoms with van der Waals surface area (Å²) in [6, 6.07) is 11.0. The molecule has 0 saturated carbocycles. The molecule has 0 heterocycles. The van der Waals surface area contributed by atoms with Crippen LogP contribution in [-0.2, 0) is 12.8 Å². The lowest BCUT2D eigenvalue weighted by Gasteiger charge is -2.18. The number of halogens is 2. The zero-order valence-electron chi connectivity index (χ0n) is 12.8. The van der Waals surface area contributed by atoms with E-state index in [0.29, 0.717) is 17.5 Å². The lowest BCUT2D eigenvalue weighted by Crippen LogP contribution is -2.03. The number of unbranched alkanes of at least 4 members (excludes halogenated alkanes) is 1. The van der Waals surface area contributed by atoms with E-state index in [4.69, 9.17) is 0 Å². The highest BCUT2D eigenvalue weighted by atomic mass is 19.1. The molecule has 0 radical (unpaired) electrons. The van der Waals surface area contributed by atoms with Crippen molar-refractivity contribution in [1.29, 1.82) is 0 Å². The van der Waals surface area contributed by atoms with Gasteiger partial charge in [-0.25, -0.2) is 8.78 Å². The number of allylic oxidation sites excluding steroid dienone is 1. The van der Waals surface area contributed by atoms with Crippen LogP contribution in [0.1, 0.15) is 48.4 Å². The Balaban J connectivity index is 1.87. The largest absolute Gasteiger partial charge is 0.207 e. The van der Waals surface area contributed by atoms with Gasteiger partial charge in [0.15, 0.2) is 0 Å². The third-order valence-electron chi connectivity index (χ3n) is 4.31. The average molecular weight is 298 g/mol. The fraction of sp³-hybridized carbons (Fsp3) is 0.300. The Morgan fingerprint density at radius 1 is 1.00 bits per heavy atom. The highest BCUT2D eigenvalue weighted by Gasteiger charge is 2.16. The summed E-state index contributed by atoms with van der Waals surface area (Å²) in [7, 11) is 0. The SMILES string of the molecule is CCCCc1ccc(C2=Cc3cc(F)cc(F)c3CC2)cc1. The van der Waals surface area contributed by atoms with Crippen molar-refractivity contribution in [3.05, 3.63) is 70.3 Å². The normalized spacial score (nSPS) is 13.7. The van der Waals surface area contributed by atoms with Gasteiger partial charge in [0, 0.05) is 6.07 Å². The highest BCUT2D eigenvalue weighted by Crippen LogP contribution is 2.32. The molecule has 0 fully saturated rings. The fourth-order valence-electron chi connectivity index (χ4n) is 3.03. The lowest BCUT2D eigenvalue weighted by atomic mass is 9.88. The molecule has 2 heteroatoms. The van der Waals surface area contributed by atoms with Crippen LogP contribution in [0.2, 0.25) is 0 Å². The smallest absolute Gasteiger partial charge is 0.129 e.